The van der Waals surface area contributed by atoms with Crippen molar-refractivity contribution < 1.29 is 18.8 Å². The zero-order chi connectivity index (χ0) is 30.3. The highest BCUT2D eigenvalue weighted by Gasteiger charge is 2.17. The average Bonchev–Trinajstić information content (AvgIpc) is 2.99. The Bertz CT molecular complexity index is 942. The van der Waals surface area contributed by atoms with E-state index in [4.69, 9.17) is 9.47 Å². The van der Waals surface area contributed by atoms with Gasteiger partial charge in [-0.1, -0.05) is 133 Å². The second kappa shape index (κ2) is 22.2. The Balaban J connectivity index is 1.59. The summed E-state index contributed by atoms with van der Waals surface area (Å²) in [4.78, 5) is 12.5. The van der Waals surface area contributed by atoms with Gasteiger partial charge in [-0.2, -0.15) is 0 Å². The van der Waals surface area contributed by atoms with Gasteiger partial charge >= 0.3 is 5.97 Å². The minimum atomic E-state index is -0.116. The highest BCUT2D eigenvalue weighted by Crippen LogP contribution is 2.23. The molecule has 2 aromatic rings. The number of unbranched alkanes of at least 4 members (excludes halogenated alkanes) is 12. The van der Waals surface area contributed by atoms with Gasteiger partial charge in [-0.15, -0.1) is 0 Å². The zero-order valence-corrected chi connectivity index (χ0v) is 27.6. The smallest absolute Gasteiger partial charge is 0.305 e. The van der Waals surface area contributed by atoms with E-state index in [1.807, 2.05) is 6.07 Å². The number of carbonyl (C=O) groups is 1. The fraction of sp³-hybridized carbons (Fsp3) is 0.658. The van der Waals surface area contributed by atoms with E-state index in [0.717, 1.165) is 49.0 Å². The van der Waals surface area contributed by atoms with Crippen LogP contribution in [0, 0.1) is 0 Å². The highest BCUT2D eigenvalue weighted by atomic mass is 16.6. The second-order valence-corrected chi connectivity index (χ2v) is 12.8. The van der Waals surface area contributed by atoms with Gasteiger partial charge < -0.3 is 14.0 Å². The highest BCUT2D eigenvalue weighted by molar-refractivity contribution is 5.69. The van der Waals surface area contributed by atoms with Crippen LogP contribution in [0.25, 0.3) is 0 Å². The first kappa shape index (κ1) is 35.9. The number of rotatable bonds is 25. The van der Waals surface area contributed by atoms with Crippen LogP contribution in [-0.4, -0.2) is 43.8 Å². The average molecular weight is 581 g/mol. The molecule has 0 aliphatic rings. The Morgan fingerprint density at radius 2 is 1.31 bits per heavy atom. The molecular weight excluding hydrogens is 518 g/mol. The lowest BCUT2D eigenvalue weighted by molar-refractivity contribution is -0.903. The molecule has 0 radical (unpaired) electrons. The van der Waals surface area contributed by atoms with Gasteiger partial charge in [-0.3, -0.25) is 4.79 Å². The van der Waals surface area contributed by atoms with Crippen molar-refractivity contribution in [2.75, 3.05) is 27.2 Å². The van der Waals surface area contributed by atoms with Crippen LogP contribution >= 0.6 is 0 Å². The van der Waals surface area contributed by atoms with Gasteiger partial charge in [-0.05, 0) is 43.7 Å². The Labute approximate surface area is 258 Å². The third kappa shape index (κ3) is 16.9. The molecule has 0 amide bonds. The molecule has 2 aromatic carbocycles. The maximum atomic E-state index is 12.5. The van der Waals surface area contributed by atoms with Gasteiger partial charge in [0.2, 0.25) is 0 Å². The summed E-state index contributed by atoms with van der Waals surface area (Å²) in [6.45, 7) is 6.74. The van der Waals surface area contributed by atoms with E-state index in [9.17, 15) is 4.79 Å². The van der Waals surface area contributed by atoms with Crippen LogP contribution in [0.5, 0.6) is 5.75 Å². The number of aryl methyl sites for hydroxylation is 1. The first-order chi connectivity index (χ1) is 20.4. The summed E-state index contributed by atoms with van der Waals surface area (Å²) in [6, 6.07) is 19.0. The van der Waals surface area contributed by atoms with Gasteiger partial charge in [0.05, 0.1) is 20.6 Å². The summed E-state index contributed by atoms with van der Waals surface area (Å²) in [6.07, 6.45) is 20.4. The number of hydrogen-bond acceptors (Lipinski definition) is 3. The van der Waals surface area contributed by atoms with Crippen LogP contribution in [0.4, 0.5) is 0 Å². The normalized spacial score (nSPS) is 12.3. The number of esters is 1. The monoisotopic (exact) mass is 580 g/mol. The predicted molar refractivity (Wildman–Crippen MR) is 178 cm³/mol. The van der Waals surface area contributed by atoms with Crippen molar-refractivity contribution in [1.29, 1.82) is 0 Å². The first-order valence-corrected chi connectivity index (χ1v) is 17.2. The largest absolute Gasteiger partial charge is 0.487 e. The molecule has 42 heavy (non-hydrogen) atoms. The van der Waals surface area contributed by atoms with Crippen LogP contribution in [0.2, 0.25) is 0 Å². The summed E-state index contributed by atoms with van der Waals surface area (Å²) in [7, 11) is 4.51. The number of ether oxygens (including phenoxy) is 2. The Morgan fingerprint density at radius 1 is 0.714 bits per heavy atom. The molecule has 0 bridgehead atoms. The van der Waals surface area contributed by atoms with Crippen molar-refractivity contribution in [3.05, 3.63) is 65.7 Å². The van der Waals surface area contributed by atoms with E-state index in [1.54, 1.807) is 0 Å². The summed E-state index contributed by atoms with van der Waals surface area (Å²) in [5, 5.41) is 0. The maximum absolute atomic E-state index is 12.5. The second-order valence-electron chi connectivity index (χ2n) is 12.8. The molecule has 2 rings (SSSR count). The maximum Gasteiger partial charge on any atom is 0.305 e. The summed E-state index contributed by atoms with van der Waals surface area (Å²) >= 11 is 0. The standard InChI is InChI=1S/C38H62NO3/c1-5-7-8-9-10-11-12-13-14-15-16-20-27-35-28-21-22-29-37(35)42-36(6-2)33-41-38(40)30-23-24-31-39(3,4)32-34-25-18-17-19-26-34/h17-19,21-22,25-26,28-29,36H,5-16,20,23-24,27,30-33H2,1-4H3/q+1. The lowest BCUT2D eigenvalue weighted by Gasteiger charge is -2.30. The molecule has 0 heterocycles. The van der Waals surface area contributed by atoms with Gasteiger partial charge in [0.25, 0.3) is 0 Å². The Morgan fingerprint density at radius 3 is 1.95 bits per heavy atom. The van der Waals surface area contributed by atoms with Crippen LogP contribution in [0.15, 0.2) is 54.6 Å². The lowest BCUT2D eigenvalue weighted by atomic mass is 10.0. The zero-order valence-electron chi connectivity index (χ0n) is 27.6. The molecule has 236 valence electrons. The molecule has 0 fully saturated rings. The third-order valence-electron chi connectivity index (χ3n) is 8.30. The number of hydrogen-bond donors (Lipinski definition) is 0. The fourth-order valence-electron chi connectivity index (χ4n) is 5.62. The number of quaternary nitrogens is 1. The van der Waals surface area contributed by atoms with Crippen molar-refractivity contribution in [1.82, 2.24) is 0 Å². The van der Waals surface area contributed by atoms with Gasteiger partial charge in [0.1, 0.15) is 25.0 Å². The third-order valence-corrected chi connectivity index (χ3v) is 8.30. The molecule has 0 N–H and O–H groups in total. The molecule has 1 unspecified atom stereocenters. The van der Waals surface area contributed by atoms with Crippen LogP contribution in [0.1, 0.15) is 128 Å². The molecule has 4 nitrogen and oxygen atoms in total. The fourth-order valence-corrected chi connectivity index (χ4v) is 5.62. The van der Waals surface area contributed by atoms with E-state index >= 15 is 0 Å². The van der Waals surface area contributed by atoms with Gasteiger partial charge in [0.15, 0.2) is 0 Å². The van der Waals surface area contributed by atoms with E-state index in [2.05, 4.69) is 76.5 Å². The molecular formula is C38H62NO3+. The quantitative estimate of drug-likeness (QED) is 0.0666. The minimum Gasteiger partial charge on any atom is -0.487 e. The summed E-state index contributed by atoms with van der Waals surface area (Å²) in [5.74, 6) is 0.831. The van der Waals surface area contributed by atoms with Crippen LogP contribution < -0.4 is 4.74 Å². The number of nitrogens with zero attached hydrogens (tertiary/aromatic N) is 1. The van der Waals surface area contributed by atoms with E-state index < -0.39 is 0 Å². The molecule has 1 atom stereocenters. The van der Waals surface area contributed by atoms with E-state index in [0.29, 0.717) is 13.0 Å². The molecule has 0 saturated carbocycles. The van der Waals surface area contributed by atoms with Crippen LogP contribution in [-0.2, 0) is 22.5 Å². The SMILES string of the molecule is CCCCCCCCCCCCCCc1ccccc1OC(CC)COC(=O)CCCC[N+](C)(C)Cc1ccccc1. The number of benzene rings is 2. The molecule has 0 aliphatic heterocycles. The minimum absolute atomic E-state index is 0.112. The van der Waals surface area contributed by atoms with Crippen molar-refractivity contribution in [2.24, 2.45) is 0 Å². The Hall–Kier alpha value is -2.33. The van der Waals surface area contributed by atoms with E-state index in [1.165, 1.54) is 88.2 Å². The predicted octanol–water partition coefficient (Wildman–Crippen LogP) is 10.1. The summed E-state index contributed by atoms with van der Waals surface area (Å²) < 4.78 is 12.9. The molecule has 0 spiro atoms. The number of para-hydroxylation sites is 1. The topological polar surface area (TPSA) is 35.5 Å². The van der Waals surface area contributed by atoms with Gasteiger partial charge in [-0.25, -0.2) is 0 Å². The molecule has 4 heteroatoms. The molecule has 0 aromatic heterocycles. The Kier molecular flexibility index (Phi) is 19.0. The van der Waals surface area contributed by atoms with Gasteiger partial charge in [0, 0.05) is 12.0 Å². The summed E-state index contributed by atoms with van der Waals surface area (Å²) in [5.41, 5.74) is 2.62. The van der Waals surface area contributed by atoms with Crippen LogP contribution in [0.3, 0.4) is 0 Å². The molecule has 0 saturated heterocycles. The van der Waals surface area contributed by atoms with Crippen molar-refractivity contribution in [3.8, 4) is 5.75 Å². The van der Waals surface area contributed by atoms with Crippen molar-refractivity contribution in [2.45, 2.75) is 136 Å². The lowest BCUT2D eigenvalue weighted by Crippen LogP contribution is -2.39. The molecule has 0 aliphatic carbocycles. The van der Waals surface area contributed by atoms with Crippen molar-refractivity contribution in [3.63, 3.8) is 0 Å². The van der Waals surface area contributed by atoms with Crippen molar-refractivity contribution >= 4 is 5.97 Å². The van der Waals surface area contributed by atoms with E-state index in [-0.39, 0.29) is 12.1 Å². The first-order valence-electron chi connectivity index (χ1n) is 17.2. The number of carbonyl (C=O) groups excluding carboxylic acids is 1.